The molecule has 1 N–H and O–H groups in total. The van der Waals surface area contributed by atoms with Gasteiger partial charge in [-0.05, 0) is 19.3 Å². The van der Waals surface area contributed by atoms with Crippen LogP contribution in [0, 0.1) is 0 Å². The second kappa shape index (κ2) is 19.4. The average Bonchev–Trinajstić information content (AvgIpc) is 2.64. The Hall–Kier alpha value is 0.110. The second-order valence-electron chi connectivity index (χ2n) is 7.85. The largest absolute Gasteiger partial charge is 0.472 e. The maximum Gasteiger partial charge on any atom is 0.472 e. The highest BCUT2D eigenvalue weighted by Crippen LogP contribution is 2.46. The van der Waals surface area contributed by atoms with Crippen LogP contribution in [0.5, 0.6) is 0 Å². The molecule has 2 atom stereocenters. The van der Waals surface area contributed by atoms with Gasteiger partial charge in [0.25, 0.3) is 0 Å². The Kier molecular flexibility index (Phi) is 19.5. The molecule has 0 aliphatic carbocycles. The number of hydrogen-bond acceptors (Lipinski definition) is 3. The van der Waals surface area contributed by atoms with E-state index in [0.717, 1.165) is 57.8 Å². The smallest absolute Gasteiger partial charge is 0.302 e. The first-order valence-electron chi connectivity index (χ1n) is 11.7. The minimum Gasteiger partial charge on any atom is -0.302 e. The molecule has 0 aromatic carbocycles. The fourth-order valence-electron chi connectivity index (χ4n) is 3.29. The average molecular weight is 407 g/mol. The van der Waals surface area contributed by atoms with Crippen LogP contribution in [0.1, 0.15) is 130 Å². The first-order valence-corrected chi connectivity index (χ1v) is 13.2. The predicted molar refractivity (Wildman–Crippen MR) is 116 cm³/mol. The second-order valence-corrected chi connectivity index (χ2v) is 9.26. The van der Waals surface area contributed by atoms with Crippen molar-refractivity contribution in [2.45, 2.75) is 136 Å². The SMILES string of the molecule is CCCCCCCCCCCCOP(=O)(O)OC(CCCC)CCCCC. The Bertz CT molecular complexity index is 349. The van der Waals surface area contributed by atoms with E-state index < -0.39 is 7.82 Å². The maximum absolute atomic E-state index is 12.2. The van der Waals surface area contributed by atoms with Crippen LogP contribution in [0.3, 0.4) is 0 Å². The number of phosphoric ester groups is 1. The Labute approximate surface area is 169 Å². The van der Waals surface area contributed by atoms with E-state index in [4.69, 9.17) is 9.05 Å². The van der Waals surface area contributed by atoms with Crippen LogP contribution in [-0.4, -0.2) is 17.6 Å². The minimum absolute atomic E-state index is 0.153. The van der Waals surface area contributed by atoms with Crippen molar-refractivity contribution in [3.8, 4) is 0 Å². The van der Waals surface area contributed by atoms with E-state index in [-0.39, 0.29) is 6.10 Å². The molecule has 0 heterocycles. The lowest BCUT2D eigenvalue weighted by molar-refractivity contribution is 0.0905. The summed E-state index contributed by atoms with van der Waals surface area (Å²) in [7, 11) is -3.91. The van der Waals surface area contributed by atoms with E-state index in [1.165, 1.54) is 51.4 Å². The summed E-state index contributed by atoms with van der Waals surface area (Å²) >= 11 is 0. The molecule has 0 bridgehead atoms. The Balaban J connectivity index is 3.78. The quantitative estimate of drug-likeness (QED) is 0.154. The molecule has 0 aromatic heterocycles. The lowest BCUT2D eigenvalue weighted by Gasteiger charge is -2.20. The van der Waals surface area contributed by atoms with E-state index in [2.05, 4.69) is 20.8 Å². The highest BCUT2D eigenvalue weighted by Gasteiger charge is 2.25. The summed E-state index contributed by atoms with van der Waals surface area (Å²) in [6, 6.07) is 0. The molecule has 0 spiro atoms. The van der Waals surface area contributed by atoms with Gasteiger partial charge in [0.2, 0.25) is 0 Å². The van der Waals surface area contributed by atoms with Crippen LogP contribution >= 0.6 is 7.82 Å². The molecule has 0 aliphatic heterocycles. The van der Waals surface area contributed by atoms with Crippen molar-refractivity contribution in [2.75, 3.05) is 6.61 Å². The normalized spacial score (nSPS) is 15.0. The zero-order valence-corrected chi connectivity index (χ0v) is 19.3. The van der Waals surface area contributed by atoms with Gasteiger partial charge in [-0.2, -0.15) is 0 Å². The van der Waals surface area contributed by atoms with Gasteiger partial charge in [-0.3, -0.25) is 9.05 Å². The van der Waals surface area contributed by atoms with Gasteiger partial charge in [-0.25, -0.2) is 4.57 Å². The third-order valence-electron chi connectivity index (χ3n) is 5.04. The van der Waals surface area contributed by atoms with Crippen LogP contribution in [0.4, 0.5) is 0 Å². The molecule has 164 valence electrons. The topological polar surface area (TPSA) is 55.8 Å². The third-order valence-corrected chi connectivity index (χ3v) is 6.12. The highest BCUT2D eigenvalue weighted by molar-refractivity contribution is 7.47. The summed E-state index contributed by atoms with van der Waals surface area (Å²) in [6.07, 6.45) is 19.3. The zero-order chi connectivity index (χ0) is 20.2. The zero-order valence-electron chi connectivity index (χ0n) is 18.4. The van der Waals surface area contributed by atoms with Crippen molar-refractivity contribution in [2.24, 2.45) is 0 Å². The monoisotopic (exact) mass is 406 g/mol. The van der Waals surface area contributed by atoms with Crippen LogP contribution < -0.4 is 0 Å². The molecule has 0 saturated heterocycles. The molecule has 0 radical (unpaired) electrons. The molecule has 0 aliphatic rings. The third kappa shape index (κ3) is 19.2. The van der Waals surface area contributed by atoms with Crippen LogP contribution in [-0.2, 0) is 13.6 Å². The van der Waals surface area contributed by atoms with Gasteiger partial charge in [0, 0.05) is 0 Å². The van der Waals surface area contributed by atoms with Gasteiger partial charge in [-0.15, -0.1) is 0 Å². The van der Waals surface area contributed by atoms with Gasteiger partial charge in [0.1, 0.15) is 0 Å². The van der Waals surface area contributed by atoms with E-state index in [0.29, 0.717) is 6.61 Å². The molecule has 0 aromatic rings. The summed E-state index contributed by atoms with van der Waals surface area (Å²) in [4.78, 5) is 10.00. The van der Waals surface area contributed by atoms with E-state index in [9.17, 15) is 9.46 Å². The summed E-state index contributed by atoms with van der Waals surface area (Å²) in [5.41, 5.74) is 0. The maximum atomic E-state index is 12.2. The standard InChI is InChI=1S/C22H47O4P/c1-4-7-10-11-12-13-14-15-16-18-21-25-27(23,24)26-22(19-9-6-3)20-17-8-5-2/h22H,4-21H2,1-3H3,(H,23,24). The Morgan fingerprint density at radius 1 is 0.667 bits per heavy atom. The highest BCUT2D eigenvalue weighted by atomic mass is 31.2. The van der Waals surface area contributed by atoms with Crippen molar-refractivity contribution in [3.63, 3.8) is 0 Å². The summed E-state index contributed by atoms with van der Waals surface area (Å²) in [5.74, 6) is 0. The van der Waals surface area contributed by atoms with Gasteiger partial charge < -0.3 is 4.89 Å². The number of hydrogen-bond donors (Lipinski definition) is 1. The Morgan fingerprint density at radius 3 is 1.67 bits per heavy atom. The fourth-order valence-corrected chi connectivity index (χ4v) is 4.30. The molecule has 0 fully saturated rings. The molecule has 5 heteroatoms. The van der Waals surface area contributed by atoms with Crippen molar-refractivity contribution in [1.82, 2.24) is 0 Å². The predicted octanol–water partition coefficient (Wildman–Crippen LogP) is 8.18. The first kappa shape index (κ1) is 27.1. The minimum atomic E-state index is -3.91. The van der Waals surface area contributed by atoms with Gasteiger partial charge in [0.05, 0.1) is 12.7 Å². The number of rotatable bonds is 21. The Morgan fingerprint density at radius 2 is 1.11 bits per heavy atom. The molecule has 4 nitrogen and oxygen atoms in total. The summed E-state index contributed by atoms with van der Waals surface area (Å²) in [5, 5.41) is 0. The van der Waals surface area contributed by atoms with Gasteiger partial charge >= 0.3 is 7.82 Å². The van der Waals surface area contributed by atoms with E-state index >= 15 is 0 Å². The van der Waals surface area contributed by atoms with E-state index in [1.807, 2.05) is 0 Å². The molecular formula is C22H47O4P. The fraction of sp³-hybridized carbons (Fsp3) is 1.00. The first-order chi connectivity index (χ1) is 13.1. The van der Waals surface area contributed by atoms with Gasteiger partial charge in [-0.1, -0.05) is 111 Å². The van der Waals surface area contributed by atoms with Crippen LogP contribution in [0.2, 0.25) is 0 Å². The summed E-state index contributed by atoms with van der Waals surface area (Å²) < 4.78 is 22.9. The van der Waals surface area contributed by atoms with E-state index in [1.54, 1.807) is 0 Å². The van der Waals surface area contributed by atoms with Crippen molar-refractivity contribution < 1.29 is 18.5 Å². The lowest BCUT2D eigenvalue weighted by Crippen LogP contribution is -2.13. The molecule has 27 heavy (non-hydrogen) atoms. The molecule has 0 saturated carbocycles. The summed E-state index contributed by atoms with van der Waals surface area (Å²) in [6.45, 7) is 6.85. The molecule has 0 rings (SSSR count). The molecule has 0 amide bonds. The number of unbranched alkanes of at least 4 members (excludes halogenated alkanes) is 12. The van der Waals surface area contributed by atoms with Crippen LogP contribution in [0.15, 0.2) is 0 Å². The number of phosphoric acid groups is 1. The van der Waals surface area contributed by atoms with Crippen molar-refractivity contribution >= 4 is 7.82 Å². The lowest BCUT2D eigenvalue weighted by atomic mass is 10.1. The van der Waals surface area contributed by atoms with Gasteiger partial charge in [0.15, 0.2) is 0 Å². The van der Waals surface area contributed by atoms with Crippen molar-refractivity contribution in [1.29, 1.82) is 0 Å². The van der Waals surface area contributed by atoms with Crippen molar-refractivity contribution in [3.05, 3.63) is 0 Å². The van der Waals surface area contributed by atoms with Crippen LogP contribution in [0.25, 0.3) is 0 Å². The molecule has 2 unspecified atom stereocenters. The molecular weight excluding hydrogens is 359 g/mol.